The summed E-state index contributed by atoms with van der Waals surface area (Å²) in [4.78, 5) is 33.4. The summed E-state index contributed by atoms with van der Waals surface area (Å²) in [5, 5.41) is 5.34. The van der Waals surface area contributed by atoms with Crippen LogP contribution in [0.25, 0.3) is 11.4 Å². The summed E-state index contributed by atoms with van der Waals surface area (Å²) in [5.41, 5.74) is -0.313. The van der Waals surface area contributed by atoms with E-state index in [-0.39, 0.29) is 28.7 Å². The number of hydrogen-bond donors (Lipinski definition) is 2. The molecule has 1 amide bonds. The van der Waals surface area contributed by atoms with Crippen LogP contribution in [-0.2, 0) is 6.18 Å². The number of rotatable bonds is 10. The smallest absolute Gasteiger partial charge is 0.416 e. The number of nitrogens with one attached hydrogen (secondary N) is 2. The lowest BCUT2D eigenvalue weighted by atomic mass is 10.1. The fourth-order valence-corrected chi connectivity index (χ4v) is 3.83. The van der Waals surface area contributed by atoms with E-state index in [9.17, 15) is 22.4 Å². The lowest BCUT2D eigenvalue weighted by molar-refractivity contribution is -0.137. The van der Waals surface area contributed by atoms with Crippen LogP contribution in [0.4, 0.5) is 34.9 Å². The summed E-state index contributed by atoms with van der Waals surface area (Å²) in [5.74, 6) is -1.43. The molecule has 0 aliphatic rings. The van der Waals surface area contributed by atoms with Gasteiger partial charge in [-0.3, -0.25) is 4.79 Å². The van der Waals surface area contributed by atoms with E-state index in [0.717, 1.165) is 24.3 Å². The first kappa shape index (κ1) is 30.1. The highest BCUT2D eigenvalue weighted by Gasteiger charge is 2.31. The Hall–Kier alpha value is -4.85. The van der Waals surface area contributed by atoms with Crippen LogP contribution in [0.2, 0.25) is 0 Å². The van der Waals surface area contributed by atoms with E-state index in [1.807, 2.05) is 19.0 Å². The van der Waals surface area contributed by atoms with Crippen LogP contribution in [0, 0.1) is 5.82 Å². The fourth-order valence-electron chi connectivity index (χ4n) is 3.83. The fraction of sp³-hybridized carbons (Fsp3) is 0.250. The number of likely N-dealkylation sites (N-methyl/N-ethyl adjacent to an activating group) is 2. The number of aromatic nitrogens is 4. The molecule has 0 fully saturated rings. The highest BCUT2D eigenvalue weighted by atomic mass is 19.4. The van der Waals surface area contributed by atoms with Gasteiger partial charge in [-0.25, -0.2) is 19.3 Å². The Morgan fingerprint density at radius 3 is 2.50 bits per heavy atom. The van der Waals surface area contributed by atoms with Gasteiger partial charge in [0, 0.05) is 38.9 Å². The maximum atomic E-state index is 14.8. The van der Waals surface area contributed by atoms with Crippen molar-refractivity contribution in [3.63, 3.8) is 0 Å². The van der Waals surface area contributed by atoms with E-state index in [4.69, 9.17) is 4.74 Å². The number of anilines is 3. The molecule has 2 aromatic heterocycles. The number of halogens is 4. The molecular formula is C28H28F4N8O2. The molecule has 0 radical (unpaired) electrons. The number of nitrogens with zero attached hydrogens (tertiary/aromatic N) is 6. The highest BCUT2D eigenvalue weighted by Crippen LogP contribution is 2.36. The third-order valence-corrected chi connectivity index (χ3v) is 6.07. The molecule has 4 rings (SSSR count). The zero-order valence-corrected chi connectivity index (χ0v) is 23.2. The van der Waals surface area contributed by atoms with Gasteiger partial charge in [-0.2, -0.15) is 18.2 Å². The molecule has 2 N–H and O–H groups in total. The van der Waals surface area contributed by atoms with E-state index in [1.54, 1.807) is 31.1 Å². The van der Waals surface area contributed by atoms with Gasteiger partial charge in [0.1, 0.15) is 6.33 Å². The van der Waals surface area contributed by atoms with Gasteiger partial charge in [0.05, 0.1) is 22.5 Å². The Labute approximate surface area is 239 Å². The lowest BCUT2D eigenvalue weighted by Crippen LogP contribution is -2.29. The summed E-state index contributed by atoms with van der Waals surface area (Å²) in [6.07, 6.45) is -1.91. The number of carbonyl (C=O) groups excluding carboxylic acids is 1. The predicted octanol–water partition coefficient (Wildman–Crippen LogP) is 5.18. The van der Waals surface area contributed by atoms with Crippen molar-refractivity contribution < 1.29 is 27.1 Å². The molecule has 0 spiro atoms. The van der Waals surface area contributed by atoms with Crippen LogP contribution >= 0.6 is 0 Å². The van der Waals surface area contributed by atoms with Crippen LogP contribution in [-0.4, -0.2) is 72.0 Å². The van der Waals surface area contributed by atoms with Gasteiger partial charge in [0.15, 0.2) is 17.4 Å². The molecule has 2 aromatic carbocycles. The zero-order valence-electron chi connectivity index (χ0n) is 23.2. The van der Waals surface area contributed by atoms with E-state index in [2.05, 4.69) is 30.6 Å². The molecule has 0 saturated carbocycles. The van der Waals surface area contributed by atoms with E-state index < -0.39 is 23.5 Å². The van der Waals surface area contributed by atoms with Gasteiger partial charge in [0.2, 0.25) is 11.8 Å². The number of hydrogen-bond acceptors (Lipinski definition) is 9. The molecule has 0 aliphatic heterocycles. The van der Waals surface area contributed by atoms with Crippen molar-refractivity contribution >= 4 is 23.2 Å². The molecule has 0 unspecified atom stereocenters. The maximum Gasteiger partial charge on any atom is 0.416 e. The minimum absolute atomic E-state index is 0.0371. The predicted molar refractivity (Wildman–Crippen MR) is 150 cm³/mol. The van der Waals surface area contributed by atoms with Crippen molar-refractivity contribution in [1.82, 2.24) is 24.8 Å². The molecular weight excluding hydrogens is 556 g/mol. The van der Waals surface area contributed by atoms with Crippen LogP contribution in [0.1, 0.15) is 15.9 Å². The van der Waals surface area contributed by atoms with E-state index in [1.165, 1.54) is 24.7 Å². The standard InChI is InChI=1S/C28H28F4N8O2/c1-33-27-36-16-35-24(38-27)19-6-5-11-34-26(19)42-23-14-17(7-9-20(23)29)25(41)37-21-15-18(28(30,31)32)8-10-22(21)40(4)13-12-39(2)3/h5-11,14-16H,12-13H2,1-4H3,(H,37,41)(H,33,35,36,38). The summed E-state index contributed by atoms with van der Waals surface area (Å²) >= 11 is 0. The first-order valence-corrected chi connectivity index (χ1v) is 12.6. The number of ether oxygens (including phenoxy) is 1. The largest absolute Gasteiger partial charge is 0.435 e. The molecule has 2 heterocycles. The first-order valence-electron chi connectivity index (χ1n) is 12.6. The summed E-state index contributed by atoms with van der Waals surface area (Å²) in [6, 6.07) is 9.72. The quantitative estimate of drug-likeness (QED) is 0.244. The Morgan fingerprint density at radius 1 is 1.00 bits per heavy atom. The van der Waals surface area contributed by atoms with Gasteiger partial charge in [-0.05, 0) is 62.6 Å². The summed E-state index contributed by atoms with van der Waals surface area (Å²) in [7, 11) is 7.09. The molecule has 4 aromatic rings. The number of alkyl halides is 3. The molecule has 42 heavy (non-hydrogen) atoms. The van der Waals surface area contributed by atoms with E-state index >= 15 is 0 Å². The van der Waals surface area contributed by atoms with Crippen molar-refractivity contribution in [2.24, 2.45) is 0 Å². The minimum Gasteiger partial charge on any atom is -0.435 e. The molecule has 0 aliphatic carbocycles. The second kappa shape index (κ2) is 12.8. The van der Waals surface area contributed by atoms with Crippen LogP contribution < -0.4 is 20.3 Å². The third kappa shape index (κ3) is 7.26. The van der Waals surface area contributed by atoms with Crippen molar-refractivity contribution in [3.05, 3.63) is 78.0 Å². The van der Waals surface area contributed by atoms with Crippen molar-refractivity contribution in [1.29, 1.82) is 0 Å². The van der Waals surface area contributed by atoms with Gasteiger partial charge in [0.25, 0.3) is 5.91 Å². The minimum atomic E-state index is -4.62. The number of amides is 1. The number of carbonyl (C=O) groups is 1. The average molecular weight is 585 g/mol. The van der Waals surface area contributed by atoms with Gasteiger partial charge >= 0.3 is 6.18 Å². The number of benzene rings is 2. The Balaban J connectivity index is 1.64. The van der Waals surface area contributed by atoms with Crippen LogP contribution in [0.15, 0.2) is 61.1 Å². The maximum absolute atomic E-state index is 14.8. The number of pyridine rings is 1. The van der Waals surface area contributed by atoms with Crippen LogP contribution in [0.5, 0.6) is 11.6 Å². The average Bonchev–Trinajstić information content (AvgIpc) is 2.96. The monoisotopic (exact) mass is 584 g/mol. The SMILES string of the molecule is CNc1ncnc(-c2cccnc2Oc2cc(C(=O)Nc3cc(C(F)(F)F)ccc3N(C)CCN(C)C)ccc2F)n1. The molecule has 0 atom stereocenters. The lowest BCUT2D eigenvalue weighted by Gasteiger charge is -2.25. The second-order valence-electron chi connectivity index (χ2n) is 9.39. The molecule has 0 saturated heterocycles. The topological polar surface area (TPSA) is 108 Å². The molecule has 14 heteroatoms. The zero-order chi connectivity index (χ0) is 30.4. The molecule has 220 valence electrons. The normalized spacial score (nSPS) is 11.4. The van der Waals surface area contributed by atoms with Gasteiger partial charge in [-0.1, -0.05) is 0 Å². The first-order chi connectivity index (χ1) is 20.0. The molecule has 10 nitrogen and oxygen atoms in total. The van der Waals surface area contributed by atoms with Gasteiger partial charge < -0.3 is 25.2 Å². The van der Waals surface area contributed by atoms with Crippen molar-refractivity contribution in [2.45, 2.75) is 6.18 Å². The van der Waals surface area contributed by atoms with Gasteiger partial charge in [-0.15, -0.1) is 0 Å². The Bertz CT molecular complexity index is 1570. The van der Waals surface area contributed by atoms with Crippen molar-refractivity contribution in [3.8, 4) is 23.0 Å². The van der Waals surface area contributed by atoms with Crippen molar-refractivity contribution in [2.75, 3.05) is 56.8 Å². The summed E-state index contributed by atoms with van der Waals surface area (Å²) < 4.78 is 61.1. The Morgan fingerprint density at radius 2 is 1.79 bits per heavy atom. The third-order valence-electron chi connectivity index (χ3n) is 6.07. The second-order valence-corrected chi connectivity index (χ2v) is 9.39. The highest BCUT2D eigenvalue weighted by molar-refractivity contribution is 6.06. The molecule has 0 bridgehead atoms. The van der Waals surface area contributed by atoms with E-state index in [0.29, 0.717) is 30.3 Å². The Kier molecular flexibility index (Phi) is 9.15. The van der Waals surface area contributed by atoms with Crippen LogP contribution in [0.3, 0.4) is 0 Å². The summed E-state index contributed by atoms with van der Waals surface area (Å²) in [6.45, 7) is 1.11.